The quantitative estimate of drug-likeness (QED) is 0.686. The lowest BCUT2D eigenvalue weighted by Gasteiger charge is -2.24. The lowest BCUT2D eigenvalue weighted by Crippen LogP contribution is -2.30. The molecule has 2 atom stereocenters. The van der Waals surface area contributed by atoms with Crippen LogP contribution in [0.25, 0.3) is 16.8 Å². The van der Waals surface area contributed by atoms with Crippen LogP contribution in [-0.4, -0.2) is 36.3 Å². The molecule has 27 heavy (non-hydrogen) atoms. The van der Waals surface area contributed by atoms with E-state index in [1.54, 1.807) is 24.5 Å². The Morgan fingerprint density at radius 1 is 1.15 bits per heavy atom. The number of hydrogen-bond donors (Lipinski definition) is 1. The summed E-state index contributed by atoms with van der Waals surface area (Å²) in [6.07, 6.45) is 4.12. The van der Waals surface area contributed by atoms with Crippen molar-refractivity contribution in [1.29, 1.82) is 0 Å². The highest BCUT2D eigenvalue weighted by molar-refractivity contribution is 6.22. The maximum atomic E-state index is 13.1. The van der Waals surface area contributed by atoms with Gasteiger partial charge in [-0.05, 0) is 30.4 Å². The molecule has 6 nitrogen and oxygen atoms in total. The van der Waals surface area contributed by atoms with Gasteiger partial charge in [0.25, 0.3) is 0 Å². The van der Waals surface area contributed by atoms with Gasteiger partial charge in [0.05, 0.1) is 28.7 Å². The summed E-state index contributed by atoms with van der Waals surface area (Å²) in [5, 5.41) is 9.90. The van der Waals surface area contributed by atoms with Crippen molar-refractivity contribution in [2.75, 3.05) is 5.32 Å². The predicted molar refractivity (Wildman–Crippen MR) is 94.0 cm³/mol. The molecule has 0 aromatic carbocycles. The molecule has 10 heteroatoms. The molecule has 1 aliphatic carbocycles. The number of nitrogens with zero attached hydrogens (tertiary/aromatic N) is 5. The molecule has 0 amide bonds. The molecular formula is C17H12ClF3N6. The third-order valence-corrected chi connectivity index (χ3v) is 4.45. The molecule has 1 aliphatic rings. The van der Waals surface area contributed by atoms with Gasteiger partial charge in [-0.15, -0.1) is 11.6 Å². The zero-order chi connectivity index (χ0) is 19.0. The Bertz CT molecular complexity index is 1040. The maximum Gasteiger partial charge on any atom is 0.396 e. The van der Waals surface area contributed by atoms with Crippen molar-refractivity contribution in [3.05, 3.63) is 60.7 Å². The number of rotatable bonds is 3. The fourth-order valence-electron chi connectivity index (χ4n) is 2.74. The molecular weight excluding hydrogens is 381 g/mol. The Balaban J connectivity index is 1.63. The molecule has 138 valence electrons. The average molecular weight is 393 g/mol. The Kier molecular flexibility index (Phi) is 4.31. The summed E-state index contributed by atoms with van der Waals surface area (Å²) >= 11 is 5.76. The van der Waals surface area contributed by atoms with Gasteiger partial charge in [0.15, 0.2) is 0 Å². The summed E-state index contributed by atoms with van der Waals surface area (Å²) in [5.74, 6) is -1.61. The highest BCUT2D eigenvalue weighted by Crippen LogP contribution is 2.36. The van der Waals surface area contributed by atoms with Gasteiger partial charge in [-0.2, -0.15) is 28.0 Å². The SMILES string of the molecule is FC(F)(F)C1C=C(Nc2nccc(-c3cnn4ncccc34)n2)C=CC1Cl. The molecule has 0 saturated heterocycles. The Morgan fingerprint density at radius 3 is 2.81 bits per heavy atom. The van der Waals surface area contributed by atoms with Crippen LogP contribution in [0.2, 0.25) is 0 Å². The number of allylic oxidation sites excluding steroid dienone is 3. The number of fused-ring (bicyclic) bond motifs is 1. The van der Waals surface area contributed by atoms with Crippen molar-refractivity contribution in [3.8, 4) is 11.3 Å². The van der Waals surface area contributed by atoms with Crippen LogP contribution in [0.15, 0.2) is 60.7 Å². The van der Waals surface area contributed by atoms with Crippen molar-refractivity contribution in [1.82, 2.24) is 24.8 Å². The first kappa shape index (κ1) is 17.5. The first-order chi connectivity index (χ1) is 12.9. The summed E-state index contributed by atoms with van der Waals surface area (Å²) in [5.41, 5.74) is 2.28. The molecule has 0 bridgehead atoms. The molecule has 0 aliphatic heterocycles. The minimum atomic E-state index is -4.43. The first-order valence-corrected chi connectivity index (χ1v) is 8.36. The van der Waals surface area contributed by atoms with Gasteiger partial charge in [-0.1, -0.05) is 6.08 Å². The van der Waals surface area contributed by atoms with E-state index in [1.807, 2.05) is 6.07 Å². The van der Waals surface area contributed by atoms with E-state index in [9.17, 15) is 13.2 Å². The highest BCUT2D eigenvalue weighted by atomic mass is 35.5. The highest BCUT2D eigenvalue weighted by Gasteiger charge is 2.43. The van der Waals surface area contributed by atoms with Crippen LogP contribution >= 0.6 is 11.6 Å². The van der Waals surface area contributed by atoms with Crippen LogP contribution in [0.4, 0.5) is 19.1 Å². The molecule has 4 rings (SSSR count). The summed E-state index contributed by atoms with van der Waals surface area (Å²) < 4.78 is 40.7. The third-order valence-electron chi connectivity index (χ3n) is 4.03. The van der Waals surface area contributed by atoms with Gasteiger partial charge in [-0.3, -0.25) is 0 Å². The average Bonchev–Trinajstić information content (AvgIpc) is 3.07. The fourth-order valence-corrected chi connectivity index (χ4v) is 3.03. The van der Waals surface area contributed by atoms with E-state index in [1.165, 1.54) is 23.0 Å². The van der Waals surface area contributed by atoms with E-state index >= 15 is 0 Å². The largest absolute Gasteiger partial charge is 0.396 e. The van der Waals surface area contributed by atoms with Crippen LogP contribution in [0.5, 0.6) is 0 Å². The molecule has 0 spiro atoms. The van der Waals surface area contributed by atoms with Gasteiger partial charge in [0, 0.05) is 23.7 Å². The lowest BCUT2D eigenvalue weighted by atomic mass is 9.98. The van der Waals surface area contributed by atoms with Crippen molar-refractivity contribution in [3.63, 3.8) is 0 Å². The van der Waals surface area contributed by atoms with E-state index in [-0.39, 0.29) is 11.6 Å². The molecule has 3 aromatic heterocycles. The van der Waals surface area contributed by atoms with Crippen molar-refractivity contribution < 1.29 is 13.2 Å². The summed E-state index contributed by atoms with van der Waals surface area (Å²) in [4.78, 5) is 8.45. The number of halogens is 4. The normalized spacial score (nSPS) is 19.9. The number of aromatic nitrogens is 5. The van der Waals surface area contributed by atoms with Gasteiger partial charge >= 0.3 is 6.18 Å². The second kappa shape index (κ2) is 6.66. The van der Waals surface area contributed by atoms with E-state index < -0.39 is 17.5 Å². The van der Waals surface area contributed by atoms with E-state index in [0.29, 0.717) is 5.69 Å². The van der Waals surface area contributed by atoms with Crippen LogP contribution < -0.4 is 5.32 Å². The Labute approximate surface area is 156 Å². The fraction of sp³-hybridized carbons (Fsp3) is 0.176. The minimum Gasteiger partial charge on any atom is -0.324 e. The number of alkyl halides is 4. The maximum absolute atomic E-state index is 13.1. The zero-order valence-electron chi connectivity index (χ0n) is 13.6. The molecule has 2 unspecified atom stereocenters. The second-order valence-electron chi connectivity index (χ2n) is 5.84. The topological polar surface area (TPSA) is 68.0 Å². The molecule has 0 radical (unpaired) electrons. The molecule has 3 heterocycles. The van der Waals surface area contributed by atoms with Crippen molar-refractivity contribution in [2.24, 2.45) is 5.92 Å². The van der Waals surface area contributed by atoms with Crippen LogP contribution in [-0.2, 0) is 0 Å². The van der Waals surface area contributed by atoms with Crippen LogP contribution in [0.3, 0.4) is 0 Å². The van der Waals surface area contributed by atoms with E-state index in [0.717, 1.165) is 17.2 Å². The molecule has 0 saturated carbocycles. The second-order valence-corrected chi connectivity index (χ2v) is 6.34. The third kappa shape index (κ3) is 3.50. The number of hydrogen-bond acceptors (Lipinski definition) is 5. The van der Waals surface area contributed by atoms with Crippen molar-refractivity contribution in [2.45, 2.75) is 11.6 Å². The number of nitrogens with one attached hydrogen (secondary N) is 1. The minimum absolute atomic E-state index is 0.167. The predicted octanol–water partition coefficient (Wildman–Crippen LogP) is 3.84. The van der Waals surface area contributed by atoms with Crippen LogP contribution in [0, 0.1) is 5.92 Å². The van der Waals surface area contributed by atoms with Gasteiger partial charge in [0.1, 0.15) is 0 Å². The summed E-state index contributed by atoms with van der Waals surface area (Å²) in [6.45, 7) is 0. The molecule has 3 aromatic rings. The van der Waals surface area contributed by atoms with Crippen molar-refractivity contribution >= 4 is 23.1 Å². The van der Waals surface area contributed by atoms with Gasteiger partial charge < -0.3 is 5.32 Å². The molecule has 1 N–H and O–H groups in total. The number of anilines is 1. The summed E-state index contributed by atoms with van der Waals surface area (Å²) in [6, 6.07) is 5.30. The monoisotopic (exact) mass is 392 g/mol. The first-order valence-electron chi connectivity index (χ1n) is 7.92. The zero-order valence-corrected chi connectivity index (χ0v) is 14.4. The molecule has 0 fully saturated rings. The Morgan fingerprint density at radius 2 is 2.00 bits per heavy atom. The van der Waals surface area contributed by atoms with Gasteiger partial charge in [-0.25, -0.2) is 9.97 Å². The van der Waals surface area contributed by atoms with Crippen LogP contribution in [0.1, 0.15) is 0 Å². The lowest BCUT2D eigenvalue weighted by molar-refractivity contribution is -0.159. The van der Waals surface area contributed by atoms with Gasteiger partial charge in [0.2, 0.25) is 5.95 Å². The van der Waals surface area contributed by atoms with E-state index in [2.05, 4.69) is 25.5 Å². The summed E-state index contributed by atoms with van der Waals surface area (Å²) in [7, 11) is 0. The standard InChI is InChI=1S/C17H12ClF3N6/c18-13-4-3-10(8-12(13)17(19,20)21)25-16-22-7-5-14(26-16)11-9-24-27-15(11)2-1-6-23-27/h1-9,12-13H,(H,22,25,26). The van der Waals surface area contributed by atoms with E-state index in [4.69, 9.17) is 11.6 Å². The Hall–Kier alpha value is -2.94. The smallest absolute Gasteiger partial charge is 0.324 e.